The van der Waals surface area contributed by atoms with Crippen molar-refractivity contribution in [3.05, 3.63) is 33.8 Å². The fourth-order valence-corrected chi connectivity index (χ4v) is 1.88. The van der Waals surface area contributed by atoms with Crippen LogP contribution < -0.4 is 5.32 Å². The monoisotopic (exact) mass is 259 g/mol. The van der Waals surface area contributed by atoms with Crippen LogP contribution in [-0.2, 0) is 4.79 Å². The lowest BCUT2D eigenvalue weighted by Crippen LogP contribution is -2.30. The molecule has 1 atom stereocenters. The SMILES string of the molecule is CC(C)C(=O)N[C@@H](C)c1ccc(Cl)cc1Cl. The molecule has 2 nitrogen and oxygen atoms in total. The Balaban J connectivity index is 2.80. The van der Waals surface area contributed by atoms with Crippen molar-refractivity contribution in [3.8, 4) is 0 Å². The van der Waals surface area contributed by atoms with Crippen molar-refractivity contribution in [2.75, 3.05) is 0 Å². The number of halogens is 2. The molecule has 1 aromatic rings. The topological polar surface area (TPSA) is 29.1 Å². The fraction of sp³-hybridized carbons (Fsp3) is 0.417. The summed E-state index contributed by atoms with van der Waals surface area (Å²) in [6.45, 7) is 5.60. The van der Waals surface area contributed by atoms with Crippen molar-refractivity contribution in [1.82, 2.24) is 5.32 Å². The van der Waals surface area contributed by atoms with Crippen molar-refractivity contribution in [1.29, 1.82) is 0 Å². The first-order chi connectivity index (χ1) is 7.41. The maximum absolute atomic E-state index is 11.5. The molecule has 1 amide bonds. The highest BCUT2D eigenvalue weighted by molar-refractivity contribution is 6.35. The number of nitrogens with one attached hydrogen (secondary N) is 1. The zero-order valence-electron chi connectivity index (χ0n) is 9.55. The van der Waals surface area contributed by atoms with E-state index < -0.39 is 0 Å². The summed E-state index contributed by atoms with van der Waals surface area (Å²) in [6, 6.07) is 5.16. The molecule has 88 valence electrons. The van der Waals surface area contributed by atoms with Gasteiger partial charge in [-0.15, -0.1) is 0 Å². The predicted molar refractivity (Wildman–Crippen MR) is 67.9 cm³/mol. The van der Waals surface area contributed by atoms with Gasteiger partial charge in [-0.2, -0.15) is 0 Å². The van der Waals surface area contributed by atoms with Crippen LogP contribution in [0.3, 0.4) is 0 Å². The van der Waals surface area contributed by atoms with Crippen LogP contribution >= 0.6 is 23.2 Å². The molecule has 0 heterocycles. The van der Waals surface area contributed by atoms with Crippen molar-refractivity contribution < 1.29 is 4.79 Å². The molecule has 0 saturated carbocycles. The number of carbonyl (C=O) groups is 1. The summed E-state index contributed by atoms with van der Waals surface area (Å²) in [7, 11) is 0. The third-order valence-corrected chi connectivity index (χ3v) is 2.87. The standard InChI is InChI=1S/C12H15Cl2NO/c1-7(2)12(16)15-8(3)10-5-4-9(13)6-11(10)14/h4-8H,1-3H3,(H,15,16)/t8-/m0/s1. The van der Waals surface area contributed by atoms with Gasteiger partial charge in [-0.3, -0.25) is 4.79 Å². The maximum Gasteiger partial charge on any atom is 0.223 e. The Morgan fingerprint density at radius 1 is 1.25 bits per heavy atom. The average Bonchev–Trinajstić information content (AvgIpc) is 2.16. The minimum atomic E-state index is -0.111. The first kappa shape index (κ1) is 13.3. The Bertz CT molecular complexity index is 391. The van der Waals surface area contributed by atoms with Gasteiger partial charge < -0.3 is 5.32 Å². The molecule has 0 saturated heterocycles. The average molecular weight is 260 g/mol. The molecule has 0 aliphatic rings. The molecule has 0 aliphatic heterocycles. The first-order valence-electron chi connectivity index (χ1n) is 5.17. The van der Waals surface area contributed by atoms with E-state index in [2.05, 4.69) is 5.32 Å². The molecule has 0 aromatic heterocycles. The summed E-state index contributed by atoms with van der Waals surface area (Å²) in [4.78, 5) is 11.5. The summed E-state index contributed by atoms with van der Waals surface area (Å²) in [5, 5.41) is 4.06. The second-order valence-corrected chi connectivity index (χ2v) is 4.89. The second-order valence-electron chi connectivity index (χ2n) is 4.05. The molecular formula is C12H15Cl2NO. The molecule has 0 bridgehead atoms. The fourth-order valence-electron chi connectivity index (χ4n) is 1.31. The van der Waals surface area contributed by atoms with E-state index in [4.69, 9.17) is 23.2 Å². The highest BCUT2D eigenvalue weighted by Gasteiger charge is 2.14. The summed E-state index contributed by atoms with van der Waals surface area (Å²) >= 11 is 11.9. The van der Waals surface area contributed by atoms with Gasteiger partial charge in [-0.1, -0.05) is 43.1 Å². The van der Waals surface area contributed by atoms with Gasteiger partial charge in [0.05, 0.1) is 6.04 Å². The molecular weight excluding hydrogens is 245 g/mol. The molecule has 0 unspecified atom stereocenters. The lowest BCUT2D eigenvalue weighted by atomic mass is 10.1. The van der Waals surface area contributed by atoms with Gasteiger partial charge in [0.15, 0.2) is 0 Å². The third kappa shape index (κ3) is 3.39. The van der Waals surface area contributed by atoms with Crippen LogP contribution in [-0.4, -0.2) is 5.91 Å². The summed E-state index contributed by atoms with van der Waals surface area (Å²) in [5.41, 5.74) is 0.875. The third-order valence-electron chi connectivity index (χ3n) is 2.31. The smallest absolute Gasteiger partial charge is 0.223 e. The van der Waals surface area contributed by atoms with Crippen LogP contribution in [0.5, 0.6) is 0 Å². The predicted octanol–water partition coefficient (Wildman–Crippen LogP) is 3.83. The van der Waals surface area contributed by atoms with Crippen molar-refractivity contribution >= 4 is 29.1 Å². The Kier molecular flexibility index (Phi) is 4.63. The number of carbonyl (C=O) groups excluding carboxylic acids is 1. The van der Waals surface area contributed by atoms with Gasteiger partial charge in [-0.25, -0.2) is 0 Å². The first-order valence-corrected chi connectivity index (χ1v) is 5.92. The molecule has 16 heavy (non-hydrogen) atoms. The number of benzene rings is 1. The number of rotatable bonds is 3. The molecule has 0 aliphatic carbocycles. The molecule has 0 fully saturated rings. The lowest BCUT2D eigenvalue weighted by molar-refractivity contribution is -0.124. The van der Waals surface area contributed by atoms with Gasteiger partial charge in [0.25, 0.3) is 0 Å². The van der Waals surface area contributed by atoms with Crippen molar-refractivity contribution in [2.24, 2.45) is 5.92 Å². The van der Waals surface area contributed by atoms with Crippen LogP contribution in [0.25, 0.3) is 0 Å². The molecule has 0 spiro atoms. The lowest BCUT2D eigenvalue weighted by Gasteiger charge is -2.17. The van der Waals surface area contributed by atoms with Gasteiger partial charge in [-0.05, 0) is 24.6 Å². The van der Waals surface area contributed by atoms with E-state index in [9.17, 15) is 4.79 Å². The van der Waals surface area contributed by atoms with E-state index in [1.54, 1.807) is 12.1 Å². The van der Waals surface area contributed by atoms with E-state index in [0.29, 0.717) is 10.0 Å². The number of hydrogen-bond donors (Lipinski definition) is 1. The minimum absolute atomic E-state index is 0.0125. The van der Waals surface area contributed by atoms with Crippen LogP contribution in [0.15, 0.2) is 18.2 Å². The van der Waals surface area contributed by atoms with Crippen LogP contribution in [0.4, 0.5) is 0 Å². The maximum atomic E-state index is 11.5. The number of amides is 1. The van der Waals surface area contributed by atoms with E-state index in [0.717, 1.165) is 5.56 Å². The number of hydrogen-bond acceptors (Lipinski definition) is 1. The van der Waals surface area contributed by atoms with Crippen molar-refractivity contribution in [3.63, 3.8) is 0 Å². The summed E-state index contributed by atoms with van der Waals surface area (Å²) in [6.07, 6.45) is 0. The zero-order chi connectivity index (χ0) is 12.3. The highest BCUT2D eigenvalue weighted by atomic mass is 35.5. The molecule has 1 aromatic carbocycles. The minimum Gasteiger partial charge on any atom is -0.349 e. The summed E-state index contributed by atoms with van der Waals surface area (Å²) < 4.78 is 0. The van der Waals surface area contributed by atoms with Crippen LogP contribution in [0, 0.1) is 5.92 Å². The van der Waals surface area contributed by atoms with E-state index in [1.165, 1.54) is 0 Å². The Hall–Kier alpha value is -0.730. The van der Waals surface area contributed by atoms with Crippen LogP contribution in [0.1, 0.15) is 32.4 Å². The van der Waals surface area contributed by atoms with Gasteiger partial charge in [0, 0.05) is 16.0 Å². The summed E-state index contributed by atoms with van der Waals surface area (Å²) in [5.74, 6) is -0.0213. The normalized spacial score (nSPS) is 12.6. The molecule has 1 N–H and O–H groups in total. The Morgan fingerprint density at radius 2 is 1.88 bits per heavy atom. The van der Waals surface area contributed by atoms with Crippen molar-refractivity contribution in [2.45, 2.75) is 26.8 Å². The molecule has 1 rings (SSSR count). The van der Waals surface area contributed by atoms with Gasteiger partial charge in [0.1, 0.15) is 0 Å². The zero-order valence-corrected chi connectivity index (χ0v) is 11.1. The van der Waals surface area contributed by atoms with E-state index in [1.807, 2.05) is 26.8 Å². The quantitative estimate of drug-likeness (QED) is 0.879. The second kappa shape index (κ2) is 5.55. The molecule has 4 heteroatoms. The van der Waals surface area contributed by atoms with Gasteiger partial charge in [0.2, 0.25) is 5.91 Å². The van der Waals surface area contributed by atoms with E-state index in [-0.39, 0.29) is 17.9 Å². The highest BCUT2D eigenvalue weighted by Crippen LogP contribution is 2.26. The van der Waals surface area contributed by atoms with Crippen LogP contribution in [0.2, 0.25) is 10.0 Å². The van der Waals surface area contributed by atoms with Gasteiger partial charge >= 0.3 is 0 Å². The Morgan fingerprint density at radius 3 is 2.38 bits per heavy atom. The largest absolute Gasteiger partial charge is 0.349 e. The Labute approximate surface area is 106 Å². The van der Waals surface area contributed by atoms with E-state index >= 15 is 0 Å². The molecule has 0 radical (unpaired) electrons.